The van der Waals surface area contributed by atoms with Crippen LogP contribution in [-0.2, 0) is 9.53 Å². The van der Waals surface area contributed by atoms with Crippen molar-refractivity contribution in [3.8, 4) is 0 Å². The van der Waals surface area contributed by atoms with Gasteiger partial charge in [0.2, 0.25) is 0 Å². The summed E-state index contributed by atoms with van der Waals surface area (Å²) in [5, 5.41) is 2.70. The zero-order chi connectivity index (χ0) is 16.8. The molecule has 5 nitrogen and oxygen atoms in total. The average Bonchev–Trinajstić information content (AvgIpc) is 2.55. The number of rotatable bonds is 5. The Hall–Kier alpha value is -2.82. The standard InChI is InChI=1S/C18H20N2O3/c1-13(17(21)19-15-9-5-4-6-10-15)23-18(22)14-8-7-11-16(12-14)20(2)3/h4-13H,1-3H3,(H,19,21)/t13-/m0/s1. The third-order valence-corrected chi connectivity index (χ3v) is 3.29. The molecule has 0 radical (unpaired) electrons. The van der Waals surface area contributed by atoms with Crippen LogP contribution in [0.15, 0.2) is 54.6 Å². The van der Waals surface area contributed by atoms with E-state index in [0.717, 1.165) is 5.69 Å². The molecule has 0 bridgehead atoms. The number of ether oxygens (including phenoxy) is 1. The average molecular weight is 312 g/mol. The minimum absolute atomic E-state index is 0.367. The van der Waals surface area contributed by atoms with Crippen molar-refractivity contribution in [3.63, 3.8) is 0 Å². The van der Waals surface area contributed by atoms with Gasteiger partial charge < -0.3 is 15.0 Å². The van der Waals surface area contributed by atoms with Crippen molar-refractivity contribution in [2.45, 2.75) is 13.0 Å². The molecule has 1 atom stereocenters. The van der Waals surface area contributed by atoms with Crippen LogP contribution in [0.25, 0.3) is 0 Å². The predicted octanol–water partition coefficient (Wildman–Crippen LogP) is 2.94. The molecule has 1 N–H and O–H groups in total. The first kappa shape index (κ1) is 16.5. The Morgan fingerprint density at radius 1 is 1.04 bits per heavy atom. The van der Waals surface area contributed by atoms with Crippen LogP contribution in [0, 0.1) is 0 Å². The van der Waals surface area contributed by atoms with Crippen molar-refractivity contribution in [2.75, 3.05) is 24.3 Å². The molecule has 0 aliphatic heterocycles. The van der Waals surface area contributed by atoms with Gasteiger partial charge in [-0.1, -0.05) is 24.3 Å². The number of carbonyl (C=O) groups is 2. The van der Waals surface area contributed by atoms with Gasteiger partial charge in [0.15, 0.2) is 6.10 Å². The first-order chi connectivity index (χ1) is 11.0. The molecule has 0 saturated heterocycles. The van der Waals surface area contributed by atoms with Crippen LogP contribution >= 0.6 is 0 Å². The van der Waals surface area contributed by atoms with E-state index in [1.165, 1.54) is 0 Å². The monoisotopic (exact) mass is 312 g/mol. The molecule has 2 rings (SSSR count). The molecule has 0 heterocycles. The van der Waals surface area contributed by atoms with E-state index >= 15 is 0 Å². The number of nitrogens with one attached hydrogen (secondary N) is 1. The van der Waals surface area contributed by atoms with Crippen LogP contribution in [0.4, 0.5) is 11.4 Å². The number of carbonyl (C=O) groups excluding carboxylic acids is 2. The lowest BCUT2D eigenvalue weighted by atomic mass is 10.2. The van der Waals surface area contributed by atoms with Crippen LogP contribution in [0.1, 0.15) is 17.3 Å². The number of anilines is 2. The highest BCUT2D eigenvalue weighted by Gasteiger charge is 2.19. The first-order valence-electron chi connectivity index (χ1n) is 7.31. The Kier molecular flexibility index (Phi) is 5.36. The number of para-hydroxylation sites is 1. The molecule has 0 spiro atoms. The SMILES string of the molecule is C[C@H](OC(=O)c1cccc(N(C)C)c1)C(=O)Nc1ccccc1. The summed E-state index contributed by atoms with van der Waals surface area (Å²) in [5.74, 6) is -0.891. The van der Waals surface area contributed by atoms with Crippen LogP contribution in [0.5, 0.6) is 0 Å². The van der Waals surface area contributed by atoms with E-state index < -0.39 is 12.1 Å². The van der Waals surface area contributed by atoms with Gasteiger partial charge >= 0.3 is 5.97 Å². The molecule has 0 aliphatic carbocycles. The van der Waals surface area contributed by atoms with Crippen molar-refractivity contribution < 1.29 is 14.3 Å². The topological polar surface area (TPSA) is 58.6 Å². The molecule has 23 heavy (non-hydrogen) atoms. The van der Waals surface area contributed by atoms with Gasteiger partial charge in [0.1, 0.15) is 0 Å². The third kappa shape index (κ3) is 4.57. The van der Waals surface area contributed by atoms with E-state index in [-0.39, 0.29) is 5.91 Å². The molecule has 0 unspecified atom stereocenters. The number of amides is 1. The molecule has 5 heteroatoms. The maximum atomic E-state index is 12.2. The lowest BCUT2D eigenvalue weighted by Crippen LogP contribution is -2.30. The molecule has 120 valence electrons. The molecule has 2 aromatic rings. The second-order valence-corrected chi connectivity index (χ2v) is 5.35. The molecule has 0 aromatic heterocycles. The van der Waals surface area contributed by atoms with Crippen molar-refractivity contribution in [2.24, 2.45) is 0 Å². The van der Waals surface area contributed by atoms with Crippen LogP contribution < -0.4 is 10.2 Å². The van der Waals surface area contributed by atoms with Gasteiger partial charge in [0.25, 0.3) is 5.91 Å². The van der Waals surface area contributed by atoms with Crippen molar-refractivity contribution in [1.29, 1.82) is 0 Å². The quantitative estimate of drug-likeness (QED) is 0.862. The second kappa shape index (κ2) is 7.45. The molecular weight excluding hydrogens is 292 g/mol. The first-order valence-corrected chi connectivity index (χ1v) is 7.31. The molecule has 0 fully saturated rings. The number of esters is 1. The largest absolute Gasteiger partial charge is 0.449 e. The van der Waals surface area contributed by atoms with Crippen molar-refractivity contribution in [3.05, 3.63) is 60.2 Å². The predicted molar refractivity (Wildman–Crippen MR) is 90.7 cm³/mol. The van der Waals surface area contributed by atoms with Gasteiger partial charge in [-0.15, -0.1) is 0 Å². The summed E-state index contributed by atoms with van der Waals surface area (Å²) in [6.45, 7) is 1.55. The molecule has 0 saturated carbocycles. The van der Waals surface area contributed by atoms with Gasteiger partial charge in [-0.25, -0.2) is 4.79 Å². The summed E-state index contributed by atoms with van der Waals surface area (Å²) >= 11 is 0. The molecule has 2 aromatic carbocycles. The van der Waals surface area contributed by atoms with Gasteiger partial charge in [0, 0.05) is 25.5 Å². The summed E-state index contributed by atoms with van der Waals surface area (Å²) in [5.41, 5.74) is 1.96. The highest BCUT2D eigenvalue weighted by Crippen LogP contribution is 2.15. The third-order valence-electron chi connectivity index (χ3n) is 3.29. The molecule has 0 aliphatic rings. The maximum Gasteiger partial charge on any atom is 0.338 e. The zero-order valence-electron chi connectivity index (χ0n) is 13.4. The van der Waals surface area contributed by atoms with Crippen LogP contribution in [0.2, 0.25) is 0 Å². The van der Waals surface area contributed by atoms with E-state index in [2.05, 4.69) is 5.32 Å². The zero-order valence-corrected chi connectivity index (χ0v) is 13.4. The Morgan fingerprint density at radius 3 is 2.39 bits per heavy atom. The maximum absolute atomic E-state index is 12.2. The summed E-state index contributed by atoms with van der Waals surface area (Å²) in [4.78, 5) is 26.1. The van der Waals surface area contributed by atoms with E-state index in [1.54, 1.807) is 37.3 Å². The normalized spacial score (nSPS) is 11.4. The summed E-state index contributed by atoms with van der Waals surface area (Å²) in [6.07, 6.45) is -0.884. The number of hydrogen-bond donors (Lipinski definition) is 1. The fourth-order valence-electron chi connectivity index (χ4n) is 1.96. The van der Waals surface area contributed by atoms with Gasteiger partial charge in [-0.05, 0) is 37.3 Å². The Morgan fingerprint density at radius 2 is 1.74 bits per heavy atom. The summed E-state index contributed by atoms with van der Waals surface area (Å²) < 4.78 is 5.24. The van der Waals surface area contributed by atoms with E-state index in [4.69, 9.17) is 4.74 Å². The molecular formula is C18H20N2O3. The Balaban J connectivity index is 1.99. The number of benzene rings is 2. The van der Waals surface area contributed by atoms with Gasteiger partial charge in [0.05, 0.1) is 5.56 Å². The Bertz CT molecular complexity index is 684. The Labute approximate surface area is 135 Å². The molecule has 1 amide bonds. The van der Waals surface area contributed by atoms with Crippen molar-refractivity contribution in [1.82, 2.24) is 0 Å². The minimum atomic E-state index is -0.884. The van der Waals surface area contributed by atoms with Gasteiger partial charge in [-0.2, -0.15) is 0 Å². The lowest BCUT2D eigenvalue weighted by molar-refractivity contribution is -0.123. The van der Waals surface area contributed by atoms with Crippen LogP contribution in [-0.4, -0.2) is 32.1 Å². The fourth-order valence-corrected chi connectivity index (χ4v) is 1.96. The summed E-state index contributed by atoms with van der Waals surface area (Å²) in [7, 11) is 3.78. The summed E-state index contributed by atoms with van der Waals surface area (Å²) in [6, 6.07) is 16.1. The highest BCUT2D eigenvalue weighted by molar-refractivity contribution is 5.97. The number of hydrogen-bond acceptors (Lipinski definition) is 4. The smallest absolute Gasteiger partial charge is 0.338 e. The second-order valence-electron chi connectivity index (χ2n) is 5.35. The van der Waals surface area contributed by atoms with E-state index in [9.17, 15) is 9.59 Å². The fraction of sp³-hybridized carbons (Fsp3) is 0.222. The van der Waals surface area contributed by atoms with Crippen molar-refractivity contribution >= 4 is 23.3 Å². The van der Waals surface area contributed by atoms with E-state index in [0.29, 0.717) is 11.3 Å². The van der Waals surface area contributed by atoms with Crippen LogP contribution in [0.3, 0.4) is 0 Å². The van der Waals surface area contributed by atoms with Gasteiger partial charge in [-0.3, -0.25) is 4.79 Å². The lowest BCUT2D eigenvalue weighted by Gasteiger charge is -2.15. The van der Waals surface area contributed by atoms with E-state index in [1.807, 2.05) is 43.3 Å². The minimum Gasteiger partial charge on any atom is -0.449 e. The number of nitrogens with zero attached hydrogens (tertiary/aromatic N) is 1. The highest BCUT2D eigenvalue weighted by atomic mass is 16.5.